The van der Waals surface area contributed by atoms with Gasteiger partial charge < -0.3 is 14.9 Å². The molecule has 0 bridgehead atoms. The third-order valence-corrected chi connectivity index (χ3v) is 4.65. The first kappa shape index (κ1) is 18.2. The van der Waals surface area contributed by atoms with Crippen molar-refractivity contribution in [2.24, 2.45) is 0 Å². The van der Waals surface area contributed by atoms with Crippen LogP contribution in [0.2, 0.25) is 0 Å². The number of hydrogen-bond acceptors (Lipinski definition) is 7. The Bertz CT molecular complexity index is 736. The van der Waals surface area contributed by atoms with E-state index in [4.69, 9.17) is 0 Å². The Hall–Kier alpha value is -2.55. The Balaban J connectivity index is 1.48. The summed E-state index contributed by atoms with van der Waals surface area (Å²) >= 11 is 0. The maximum Gasteiger partial charge on any atom is 0.222 e. The Morgan fingerprint density at radius 2 is 2.23 bits per heavy atom. The smallest absolute Gasteiger partial charge is 0.222 e. The molecule has 2 aromatic rings. The number of carbonyl (C=O) groups excluding carboxylic acids is 1. The second-order valence-corrected chi connectivity index (χ2v) is 6.93. The van der Waals surface area contributed by atoms with Crippen LogP contribution in [0.4, 0.5) is 5.82 Å². The molecular weight excluding hydrogens is 334 g/mol. The lowest BCUT2D eigenvalue weighted by Crippen LogP contribution is -2.45. The second-order valence-electron chi connectivity index (χ2n) is 6.93. The average molecular weight is 359 g/mol. The highest BCUT2D eigenvalue weighted by Gasteiger charge is 2.38. The van der Waals surface area contributed by atoms with Gasteiger partial charge in [0, 0.05) is 44.9 Å². The maximum atomic E-state index is 12.3. The molecule has 9 heteroatoms. The van der Waals surface area contributed by atoms with Crippen LogP contribution in [0.1, 0.15) is 25.0 Å². The van der Waals surface area contributed by atoms with Crippen LogP contribution in [-0.2, 0) is 11.3 Å². The summed E-state index contributed by atoms with van der Waals surface area (Å²) in [6.07, 6.45) is 6.37. The molecule has 26 heavy (non-hydrogen) atoms. The van der Waals surface area contributed by atoms with E-state index in [-0.39, 0.29) is 5.91 Å². The molecule has 0 aliphatic carbocycles. The van der Waals surface area contributed by atoms with E-state index in [0.29, 0.717) is 45.4 Å². The second kappa shape index (κ2) is 7.77. The number of aryl methyl sites for hydroxylation is 2. The van der Waals surface area contributed by atoms with Crippen molar-refractivity contribution in [1.82, 2.24) is 29.6 Å². The van der Waals surface area contributed by atoms with Gasteiger partial charge in [-0.25, -0.2) is 15.0 Å². The summed E-state index contributed by atoms with van der Waals surface area (Å²) in [6, 6.07) is 1.91. The summed E-state index contributed by atoms with van der Waals surface area (Å²) in [5, 5.41) is 14.9. The summed E-state index contributed by atoms with van der Waals surface area (Å²) in [7, 11) is 1.74. The molecule has 2 aromatic heterocycles. The zero-order valence-corrected chi connectivity index (χ0v) is 15.2. The Morgan fingerprint density at radius 1 is 1.38 bits per heavy atom. The van der Waals surface area contributed by atoms with Crippen molar-refractivity contribution < 1.29 is 9.90 Å². The maximum absolute atomic E-state index is 12.3. The zero-order valence-electron chi connectivity index (χ0n) is 15.2. The molecule has 3 rings (SSSR count). The number of carbonyl (C=O) groups is 1. The van der Waals surface area contributed by atoms with Crippen molar-refractivity contribution in [1.29, 1.82) is 0 Å². The van der Waals surface area contributed by atoms with E-state index in [0.717, 1.165) is 11.5 Å². The molecule has 3 heterocycles. The molecule has 0 saturated carbocycles. The van der Waals surface area contributed by atoms with Crippen LogP contribution in [-0.4, -0.2) is 72.9 Å². The molecule has 1 aliphatic heterocycles. The van der Waals surface area contributed by atoms with Gasteiger partial charge in [-0.2, -0.15) is 5.10 Å². The van der Waals surface area contributed by atoms with Gasteiger partial charge in [0.1, 0.15) is 30.4 Å². The zero-order chi connectivity index (χ0) is 18.6. The quantitative estimate of drug-likeness (QED) is 0.756. The van der Waals surface area contributed by atoms with E-state index in [1.165, 1.54) is 12.7 Å². The first-order valence-electron chi connectivity index (χ1n) is 8.78. The Labute approximate surface area is 152 Å². The number of aliphatic hydroxyl groups is 1. The van der Waals surface area contributed by atoms with Crippen LogP contribution in [0.25, 0.3) is 0 Å². The van der Waals surface area contributed by atoms with Crippen LogP contribution in [0.3, 0.4) is 0 Å². The van der Waals surface area contributed by atoms with Crippen molar-refractivity contribution in [3.05, 3.63) is 30.7 Å². The number of β-amino-alcohol motifs (C(OH)–C–C–N with tert-alkyl or cyclic N) is 1. The standard InChI is InChI=1S/C17H25N7O2/c1-14-8-15(20-12-19-14)23-7-5-17(26,10-23)9-22(2)16(25)4-3-6-24-13-18-11-21-24/h8,11-13,26H,3-7,9-10H2,1-2H3. The van der Waals surface area contributed by atoms with Crippen LogP contribution < -0.4 is 4.90 Å². The van der Waals surface area contributed by atoms with Crippen LogP contribution >= 0.6 is 0 Å². The minimum absolute atomic E-state index is 0.0230. The van der Waals surface area contributed by atoms with Gasteiger partial charge in [-0.05, 0) is 19.8 Å². The van der Waals surface area contributed by atoms with Gasteiger partial charge in [-0.1, -0.05) is 0 Å². The van der Waals surface area contributed by atoms with Crippen LogP contribution in [0.15, 0.2) is 25.0 Å². The summed E-state index contributed by atoms with van der Waals surface area (Å²) in [4.78, 5) is 28.3. The molecule has 1 amide bonds. The molecular formula is C17H25N7O2. The number of amides is 1. The van der Waals surface area contributed by atoms with E-state index < -0.39 is 5.60 Å². The predicted molar refractivity (Wildman–Crippen MR) is 95.4 cm³/mol. The number of hydrogen-bond donors (Lipinski definition) is 1. The van der Waals surface area contributed by atoms with Gasteiger partial charge in [-0.3, -0.25) is 9.48 Å². The van der Waals surface area contributed by atoms with Gasteiger partial charge in [0.25, 0.3) is 0 Å². The van der Waals surface area contributed by atoms with Crippen molar-refractivity contribution >= 4 is 11.7 Å². The monoisotopic (exact) mass is 359 g/mol. The first-order chi connectivity index (χ1) is 12.5. The molecule has 0 radical (unpaired) electrons. The highest BCUT2D eigenvalue weighted by Crippen LogP contribution is 2.26. The number of likely N-dealkylation sites (N-methyl/N-ethyl adjacent to an activating group) is 1. The fourth-order valence-electron chi connectivity index (χ4n) is 3.26. The lowest BCUT2D eigenvalue weighted by Gasteiger charge is -2.29. The molecule has 0 aromatic carbocycles. The minimum atomic E-state index is -0.921. The number of aromatic nitrogens is 5. The van der Waals surface area contributed by atoms with Gasteiger partial charge >= 0.3 is 0 Å². The lowest BCUT2D eigenvalue weighted by atomic mass is 10.0. The van der Waals surface area contributed by atoms with Crippen LogP contribution in [0.5, 0.6) is 0 Å². The molecule has 1 aliphatic rings. The van der Waals surface area contributed by atoms with Gasteiger partial charge in [0.15, 0.2) is 0 Å². The molecule has 0 spiro atoms. The highest BCUT2D eigenvalue weighted by atomic mass is 16.3. The summed E-state index contributed by atoms with van der Waals surface area (Å²) < 4.78 is 1.71. The van der Waals surface area contributed by atoms with E-state index in [2.05, 4.69) is 20.1 Å². The number of nitrogens with zero attached hydrogens (tertiary/aromatic N) is 7. The molecule has 1 fully saturated rings. The Morgan fingerprint density at radius 3 is 2.96 bits per heavy atom. The van der Waals surface area contributed by atoms with E-state index >= 15 is 0 Å². The predicted octanol–water partition coefficient (Wildman–Crippen LogP) is 0.257. The van der Waals surface area contributed by atoms with Crippen LogP contribution in [0, 0.1) is 6.92 Å². The lowest BCUT2D eigenvalue weighted by molar-refractivity contribution is -0.133. The SMILES string of the molecule is Cc1cc(N2CCC(O)(CN(C)C(=O)CCCn3cncn3)C2)ncn1. The number of anilines is 1. The third-order valence-electron chi connectivity index (χ3n) is 4.65. The van der Waals surface area contributed by atoms with E-state index in [9.17, 15) is 9.90 Å². The van der Waals surface area contributed by atoms with Gasteiger partial charge in [0.2, 0.25) is 5.91 Å². The molecule has 9 nitrogen and oxygen atoms in total. The fraction of sp³-hybridized carbons (Fsp3) is 0.588. The third kappa shape index (κ3) is 4.54. The van der Waals surface area contributed by atoms with Crippen molar-refractivity contribution in [2.45, 2.75) is 38.3 Å². The van der Waals surface area contributed by atoms with E-state index in [1.807, 2.05) is 17.9 Å². The summed E-state index contributed by atoms with van der Waals surface area (Å²) in [5.74, 6) is 0.838. The normalized spacial score (nSPS) is 19.7. The average Bonchev–Trinajstić information content (AvgIpc) is 3.25. The van der Waals surface area contributed by atoms with Gasteiger partial charge in [0.05, 0.1) is 6.54 Å². The van der Waals surface area contributed by atoms with E-state index in [1.54, 1.807) is 23.0 Å². The van der Waals surface area contributed by atoms with Gasteiger partial charge in [-0.15, -0.1) is 0 Å². The largest absolute Gasteiger partial charge is 0.386 e. The number of rotatable bonds is 7. The minimum Gasteiger partial charge on any atom is -0.386 e. The van der Waals surface area contributed by atoms with Crippen molar-refractivity contribution in [3.8, 4) is 0 Å². The molecule has 1 saturated heterocycles. The fourth-order valence-corrected chi connectivity index (χ4v) is 3.26. The topological polar surface area (TPSA) is 100 Å². The van der Waals surface area contributed by atoms with Crippen molar-refractivity contribution in [2.75, 3.05) is 31.6 Å². The Kier molecular flexibility index (Phi) is 5.46. The molecule has 140 valence electrons. The van der Waals surface area contributed by atoms with Crippen molar-refractivity contribution in [3.63, 3.8) is 0 Å². The molecule has 1 atom stereocenters. The summed E-state index contributed by atoms with van der Waals surface area (Å²) in [6.45, 7) is 4.06. The molecule has 1 N–H and O–H groups in total. The highest BCUT2D eigenvalue weighted by molar-refractivity contribution is 5.75. The summed E-state index contributed by atoms with van der Waals surface area (Å²) in [5.41, 5.74) is -0.0278. The molecule has 1 unspecified atom stereocenters. The first-order valence-corrected chi connectivity index (χ1v) is 8.78.